The van der Waals surface area contributed by atoms with Crippen LogP contribution in [0.3, 0.4) is 0 Å². The van der Waals surface area contributed by atoms with Crippen molar-refractivity contribution < 1.29 is 14.3 Å². The van der Waals surface area contributed by atoms with Crippen LogP contribution in [-0.4, -0.2) is 36.4 Å². The van der Waals surface area contributed by atoms with Crippen molar-refractivity contribution in [1.29, 1.82) is 0 Å². The minimum atomic E-state index is -0.103. The van der Waals surface area contributed by atoms with Gasteiger partial charge in [0.2, 0.25) is 5.91 Å². The fraction of sp³-hybridized carbons (Fsp3) is 0.300. The lowest BCUT2D eigenvalue weighted by atomic mass is 10.1. The smallest absolute Gasteiger partial charge is 0.260 e. The van der Waals surface area contributed by atoms with Crippen LogP contribution in [0.5, 0.6) is 5.75 Å². The number of nitrogens with zero attached hydrogens (tertiary/aromatic N) is 1. The molecule has 0 atom stereocenters. The van der Waals surface area contributed by atoms with Gasteiger partial charge in [-0.05, 0) is 42.7 Å². The third kappa shape index (κ3) is 5.33. The zero-order valence-electron chi connectivity index (χ0n) is 14.4. The minimum Gasteiger partial charge on any atom is -0.484 e. The molecule has 1 N–H and O–H groups in total. The summed E-state index contributed by atoms with van der Waals surface area (Å²) in [5, 5.41) is 2.86. The van der Waals surface area contributed by atoms with Crippen LogP contribution in [0.1, 0.15) is 18.4 Å². The Bertz CT molecular complexity index is 788. The average Bonchev–Trinajstić information content (AvgIpc) is 3.14. The number of rotatable bonds is 6. The number of amides is 2. The van der Waals surface area contributed by atoms with E-state index < -0.39 is 0 Å². The van der Waals surface area contributed by atoms with E-state index in [0.717, 1.165) is 36.0 Å². The second kappa shape index (κ2) is 8.85. The summed E-state index contributed by atoms with van der Waals surface area (Å²) in [6, 6.07) is 14.8. The molecule has 1 saturated heterocycles. The highest BCUT2D eigenvalue weighted by Gasteiger charge is 2.18. The lowest BCUT2D eigenvalue weighted by Crippen LogP contribution is -2.32. The van der Waals surface area contributed by atoms with Crippen molar-refractivity contribution in [2.24, 2.45) is 0 Å². The Balaban J connectivity index is 1.53. The van der Waals surface area contributed by atoms with Crippen molar-refractivity contribution in [3.63, 3.8) is 0 Å². The third-order valence-corrected chi connectivity index (χ3v) is 4.69. The van der Waals surface area contributed by atoms with Crippen LogP contribution in [0.25, 0.3) is 0 Å². The molecular formula is C20H21BrN2O3. The first kappa shape index (κ1) is 18.5. The normalized spacial score (nSPS) is 13.5. The zero-order valence-corrected chi connectivity index (χ0v) is 16.0. The van der Waals surface area contributed by atoms with E-state index in [1.807, 2.05) is 29.2 Å². The number of likely N-dealkylation sites (tertiary alicyclic amines) is 1. The van der Waals surface area contributed by atoms with Crippen molar-refractivity contribution in [3.05, 3.63) is 58.6 Å². The molecule has 0 bridgehead atoms. The Labute approximate surface area is 161 Å². The van der Waals surface area contributed by atoms with Crippen LogP contribution in [0.15, 0.2) is 53.0 Å². The van der Waals surface area contributed by atoms with Crippen LogP contribution in [0, 0.1) is 0 Å². The van der Waals surface area contributed by atoms with Crippen LogP contribution in [0.4, 0.5) is 5.69 Å². The van der Waals surface area contributed by atoms with Gasteiger partial charge in [0, 0.05) is 29.3 Å². The number of carbonyl (C=O) groups excluding carboxylic acids is 2. The minimum absolute atomic E-state index is 0.00610. The first-order chi connectivity index (χ1) is 12.6. The number of anilines is 1. The van der Waals surface area contributed by atoms with E-state index in [1.165, 1.54) is 0 Å². The van der Waals surface area contributed by atoms with E-state index in [4.69, 9.17) is 4.74 Å². The molecule has 6 heteroatoms. The van der Waals surface area contributed by atoms with Crippen LogP contribution in [-0.2, 0) is 16.0 Å². The van der Waals surface area contributed by atoms with Crippen molar-refractivity contribution >= 4 is 33.4 Å². The summed E-state index contributed by atoms with van der Waals surface area (Å²) in [5.41, 5.74) is 1.58. The fourth-order valence-corrected chi connectivity index (χ4v) is 3.35. The van der Waals surface area contributed by atoms with Crippen LogP contribution < -0.4 is 10.1 Å². The maximum Gasteiger partial charge on any atom is 0.260 e. The molecule has 0 aromatic heterocycles. The summed E-state index contributed by atoms with van der Waals surface area (Å²) >= 11 is 3.40. The molecule has 0 radical (unpaired) electrons. The van der Waals surface area contributed by atoms with E-state index in [-0.39, 0.29) is 24.8 Å². The number of hydrogen-bond donors (Lipinski definition) is 1. The Hall–Kier alpha value is -2.34. The molecule has 2 aromatic carbocycles. The Morgan fingerprint density at radius 3 is 2.62 bits per heavy atom. The lowest BCUT2D eigenvalue weighted by molar-refractivity contribution is -0.132. The van der Waals surface area contributed by atoms with E-state index >= 15 is 0 Å². The second-order valence-corrected chi connectivity index (χ2v) is 7.17. The van der Waals surface area contributed by atoms with Gasteiger partial charge in [-0.3, -0.25) is 9.59 Å². The average molecular weight is 417 g/mol. The third-order valence-electron chi connectivity index (χ3n) is 4.19. The summed E-state index contributed by atoms with van der Waals surface area (Å²) in [7, 11) is 0. The summed E-state index contributed by atoms with van der Waals surface area (Å²) in [4.78, 5) is 26.1. The van der Waals surface area contributed by atoms with E-state index in [9.17, 15) is 9.59 Å². The predicted molar refractivity (Wildman–Crippen MR) is 104 cm³/mol. The monoisotopic (exact) mass is 416 g/mol. The summed E-state index contributed by atoms with van der Waals surface area (Å²) in [6.45, 7) is 1.65. The molecular weight excluding hydrogens is 396 g/mol. The van der Waals surface area contributed by atoms with Gasteiger partial charge in [-0.25, -0.2) is 0 Å². The molecule has 1 aliphatic rings. The molecule has 3 rings (SSSR count). The van der Waals surface area contributed by atoms with Gasteiger partial charge in [0.05, 0.1) is 6.42 Å². The van der Waals surface area contributed by atoms with Gasteiger partial charge in [-0.2, -0.15) is 0 Å². The van der Waals surface area contributed by atoms with Crippen molar-refractivity contribution in [1.82, 2.24) is 4.90 Å². The zero-order chi connectivity index (χ0) is 18.4. The number of hydrogen-bond acceptors (Lipinski definition) is 3. The van der Waals surface area contributed by atoms with Crippen molar-refractivity contribution in [2.75, 3.05) is 25.0 Å². The standard InChI is InChI=1S/C20H21BrN2O3/c21-16-6-3-5-15(11-16)12-19(24)22-17-7-4-8-18(13-17)26-14-20(25)23-9-1-2-10-23/h3-8,11,13H,1-2,9-10,12,14H2,(H,22,24). The number of carbonyl (C=O) groups is 2. The molecule has 26 heavy (non-hydrogen) atoms. The van der Waals surface area contributed by atoms with Gasteiger partial charge in [0.1, 0.15) is 5.75 Å². The SMILES string of the molecule is O=C(Cc1cccc(Br)c1)Nc1cccc(OCC(=O)N2CCCC2)c1. The number of benzene rings is 2. The highest BCUT2D eigenvalue weighted by molar-refractivity contribution is 9.10. The summed E-state index contributed by atoms with van der Waals surface area (Å²) < 4.78 is 6.53. The van der Waals surface area contributed by atoms with Gasteiger partial charge in [0.25, 0.3) is 5.91 Å². The van der Waals surface area contributed by atoms with Gasteiger partial charge in [0.15, 0.2) is 6.61 Å². The molecule has 1 heterocycles. The lowest BCUT2D eigenvalue weighted by Gasteiger charge is -2.15. The molecule has 0 spiro atoms. The fourth-order valence-electron chi connectivity index (χ4n) is 2.90. The molecule has 0 unspecified atom stereocenters. The molecule has 5 nitrogen and oxygen atoms in total. The first-order valence-electron chi connectivity index (χ1n) is 8.65. The molecule has 1 aliphatic heterocycles. The molecule has 2 amide bonds. The Morgan fingerprint density at radius 1 is 1.08 bits per heavy atom. The number of nitrogens with one attached hydrogen (secondary N) is 1. The Kier molecular flexibility index (Phi) is 6.28. The van der Waals surface area contributed by atoms with Gasteiger partial charge >= 0.3 is 0 Å². The van der Waals surface area contributed by atoms with Gasteiger partial charge in [-0.15, -0.1) is 0 Å². The van der Waals surface area contributed by atoms with E-state index in [2.05, 4.69) is 21.2 Å². The predicted octanol–water partition coefficient (Wildman–Crippen LogP) is 3.63. The maximum absolute atomic E-state index is 12.2. The van der Waals surface area contributed by atoms with E-state index in [0.29, 0.717) is 11.4 Å². The van der Waals surface area contributed by atoms with Crippen molar-refractivity contribution in [2.45, 2.75) is 19.3 Å². The largest absolute Gasteiger partial charge is 0.484 e. The highest BCUT2D eigenvalue weighted by Crippen LogP contribution is 2.19. The molecule has 2 aromatic rings. The maximum atomic E-state index is 12.2. The first-order valence-corrected chi connectivity index (χ1v) is 9.44. The van der Waals surface area contributed by atoms with Crippen LogP contribution >= 0.6 is 15.9 Å². The van der Waals surface area contributed by atoms with Crippen molar-refractivity contribution in [3.8, 4) is 5.75 Å². The topological polar surface area (TPSA) is 58.6 Å². The van der Waals surface area contributed by atoms with E-state index in [1.54, 1.807) is 24.3 Å². The molecule has 136 valence electrons. The highest BCUT2D eigenvalue weighted by atomic mass is 79.9. The van der Waals surface area contributed by atoms with Gasteiger partial charge in [-0.1, -0.05) is 34.1 Å². The number of ether oxygens (including phenoxy) is 1. The molecule has 0 aliphatic carbocycles. The number of halogens is 1. The summed E-state index contributed by atoms with van der Waals surface area (Å²) in [6.07, 6.45) is 2.41. The summed E-state index contributed by atoms with van der Waals surface area (Å²) in [5.74, 6) is 0.470. The Morgan fingerprint density at radius 2 is 1.85 bits per heavy atom. The second-order valence-electron chi connectivity index (χ2n) is 6.26. The molecule has 1 fully saturated rings. The van der Waals surface area contributed by atoms with Gasteiger partial charge < -0.3 is 15.0 Å². The van der Waals surface area contributed by atoms with Crippen LogP contribution in [0.2, 0.25) is 0 Å². The quantitative estimate of drug-likeness (QED) is 0.781. The molecule has 0 saturated carbocycles.